The van der Waals surface area contributed by atoms with Crippen molar-refractivity contribution in [2.75, 3.05) is 12.0 Å². The van der Waals surface area contributed by atoms with Crippen LogP contribution in [0.1, 0.15) is 27.7 Å². The summed E-state index contributed by atoms with van der Waals surface area (Å²) < 4.78 is 26.8. The van der Waals surface area contributed by atoms with Crippen molar-refractivity contribution in [3.05, 3.63) is 0 Å². The van der Waals surface area contributed by atoms with Crippen LogP contribution in [0.3, 0.4) is 0 Å². The van der Waals surface area contributed by atoms with Crippen molar-refractivity contribution in [3.8, 4) is 0 Å². The second kappa shape index (κ2) is 4.29. The molecule has 0 bridgehead atoms. The molecule has 0 aromatic heterocycles. The van der Waals surface area contributed by atoms with E-state index in [-0.39, 0.29) is 5.75 Å². The maximum absolute atomic E-state index is 11.3. The maximum Gasteiger partial charge on any atom is 0.310 e. The van der Waals surface area contributed by atoms with E-state index in [4.69, 9.17) is 4.74 Å². The summed E-state index contributed by atoms with van der Waals surface area (Å²) in [5, 5.41) is 0. The van der Waals surface area contributed by atoms with Crippen molar-refractivity contribution in [2.24, 2.45) is 5.92 Å². The van der Waals surface area contributed by atoms with Gasteiger partial charge in [0.05, 0.1) is 11.7 Å². The monoisotopic (exact) mass is 222 g/mol. The van der Waals surface area contributed by atoms with Gasteiger partial charge in [0, 0.05) is 6.26 Å². The first-order valence-corrected chi connectivity index (χ1v) is 6.48. The van der Waals surface area contributed by atoms with Gasteiger partial charge in [0.25, 0.3) is 0 Å². The summed E-state index contributed by atoms with van der Waals surface area (Å²) >= 11 is 0. The van der Waals surface area contributed by atoms with E-state index >= 15 is 0 Å². The minimum Gasteiger partial charge on any atom is -0.460 e. The van der Waals surface area contributed by atoms with Gasteiger partial charge >= 0.3 is 5.97 Å². The van der Waals surface area contributed by atoms with Crippen LogP contribution < -0.4 is 0 Å². The molecule has 0 amide bonds. The third kappa shape index (κ3) is 6.88. The van der Waals surface area contributed by atoms with E-state index in [1.165, 1.54) is 0 Å². The summed E-state index contributed by atoms with van der Waals surface area (Å²) in [7, 11) is -3.12. The molecular weight excluding hydrogens is 204 g/mol. The molecule has 1 atom stereocenters. The molecule has 84 valence electrons. The van der Waals surface area contributed by atoms with Gasteiger partial charge in [0.2, 0.25) is 0 Å². The Morgan fingerprint density at radius 2 is 1.79 bits per heavy atom. The van der Waals surface area contributed by atoms with Crippen LogP contribution in [-0.2, 0) is 19.4 Å². The third-order valence-corrected chi connectivity index (χ3v) is 2.47. The third-order valence-electron chi connectivity index (χ3n) is 1.36. The second-order valence-electron chi connectivity index (χ2n) is 4.53. The Bertz CT molecular complexity index is 297. The first kappa shape index (κ1) is 13.4. The lowest BCUT2D eigenvalue weighted by Gasteiger charge is -2.21. The van der Waals surface area contributed by atoms with Crippen LogP contribution in [-0.4, -0.2) is 32.0 Å². The molecule has 0 aromatic carbocycles. The topological polar surface area (TPSA) is 60.4 Å². The fourth-order valence-corrected chi connectivity index (χ4v) is 1.97. The number of carbonyl (C=O) groups is 1. The van der Waals surface area contributed by atoms with Gasteiger partial charge in [-0.3, -0.25) is 4.79 Å². The Hall–Kier alpha value is -0.580. The zero-order chi connectivity index (χ0) is 11.6. The molecule has 0 unspecified atom stereocenters. The summed E-state index contributed by atoms with van der Waals surface area (Å²) in [6.45, 7) is 6.79. The van der Waals surface area contributed by atoms with Gasteiger partial charge in [0.15, 0.2) is 0 Å². The summed E-state index contributed by atoms with van der Waals surface area (Å²) in [5.41, 5.74) is -0.567. The normalized spacial score (nSPS) is 14.9. The van der Waals surface area contributed by atoms with Crippen molar-refractivity contribution in [1.29, 1.82) is 0 Å². The van der Waals surface area contributed by atoms with Crippen LogP contribution in [0.15, 0.2) is 0 Å². The number of ether oxygens (including phenoxy) is 1. The maximum atomic E-state index is 11.3. The average Bonchev–Trinajstić information content (AvgIpc) is 1.78. The van der Waals surface area contributed by atoms with E-state index in [2.05, 4.69) is 0 Å². The lowest BCUT2D eigenvalue weighted by atomic mass is 10.1. The lowest BCUT2D eigenvalue weighted by Crippen LogP contribution is -2.30. The van der Waals surface area contributed by atoms with Crippen LogP contribution >= 0.6 is 0 Å². The molecule has 4 nitrogen and oxygen atoms in total. The van der Waals surface area contributed by atoms with Gasteiger partial charge in [0.1, 0.15) is 15.4 Å². The smallest absolute Gasteiger partial charge is 0.310 e. The van der Waals surface area contributed by atoms with Crippen LogP contribution in [0.5, 0.6) is 0 Å². The summed E-state index contributed by atoms with van der Waals surface area (Å²) in [4.78, 5) is 11.3. The van der Waals surface area contributed by atoms with Crippen molar-refractivity contribution >= 4 is 15.8 Å². The number of hydrogen-bond donors (Lipinski definition) is 0. The van der Waals surface area contributed by atoms with Crippen molar-refractivity contribution in [3.63, 3.8) is 0 Å². The van der Waals surface area contributed by atoms with Crippen molar-refractivity contribution in [1.82, 2.24) is 0 Å². The van der Waals surface area contributed by atoms with Gasteiger partial charge in [-0.1, -0.05) is 6.92 Å². The Morgan fingerprint density at radius 1 is 1.36 bits per heavy atom. The molecule has 5 heteroatoms. The minimum atomic E-state index is -3.12. The van der Waals surface area contributed by atoms with Crippen LogP contribution in [0.2, 0.25) is 0 Å². The fraction of sp³-hybridized carbons (Fsp3) is 0.889. The summed E-state index contributed by atoms with van der Waals surface area (Å²) in [6.07, 6.45) is 1.11. The molecule has 0 saturated heterocycles. The first-order valence-electron chi connectivity index (χ1n) is 4.42. The van der Waals surface area contributed by atoms with E-state index in [1.54, 1.807) is 27.7 Å². The van der Waals surface area contributed by atoms with Gasteiger partial charge < -0.3 is 4.74 Å². The van der Waals surface area contributed by atoms with E-state index in [9.17, 15) is 13.2 Å². The molecule has 0 heterocycles. The number of carbonyl (C=O) groups excluding carboxylic acids is 1. The number of rotatable bonds is 3. The molecule has 0 N–H and O–H groups in total. The predicted molar refractivity (Wildman–Crippen MR) is 54.7 cm³/mol. The number of esters is 1. The zero-order valence-corrected chi connectivity index (χ0v) is 10.1. The molecule has 14 heavy (non-hydrogen) atoms. The number of hydrogen-bond acceptors (Lipinski definition) is 4. The molecule has 0 aliphatic rings. The highest BCUT2D eigenvalue weighted by molar-refractivity contribution is 7.90. The first-order chi connectivity index (χ1) is 6.01. The lowest BCUT2D eigenvalue weighted by molar-refractivity contribution is -0.158. The van der Waals surface area contributed by atoms with E-state index < -0.39 is 27.3 Å². The summed E-state index contributed by atoms with van der Waals surface area (Å²) in [5.74, 6) is -1.24. The largest absolute Gasteiger partial charge is 0.460 e. The van der Waals surface area contributed by atoms with Gasteiger partial charge in [-0.15, -0.1) is 0 Å². The average molecular weight is 222 g/mol. The molecule has 0 saturated carbocycles. The standard InChI is InChI=1S/C9H18O4S/c1-7(6-14(5,11)12)8(10)13-9(2,3)4/h7H,6H2,1-5H3/t7-/m0/s1. The second-order valence-corrected chi connectivity index (χ2v) is 6.71. The van der Waals surface area contributed by atoms with Crippen molar-refractivity contribution in [2.45, 2.75) is 33.3 Å². The van der Waals surface area contributed by atoms with Crippen LogP contribution in [0.25, 0.3) is 0 Å². The molecule has 0 rings (SSSR count). The van der Waals surface area contributed by atoms with Crippen molar-refractivity contribution < 1.29 is 17.9 Å². The molecule has 0 aliphatic heterocycles. The SMILES string of the molecule is C[C@@H](CS(C)(=O)=O)C(=O)OC(C)(C)C. The molecule has 0 fully saturated rings. The fourth-order valence-electron chi connectivity index (χ4n) is 0.925. The van der Waals surface area contributed by atoms with Crippen LogP contribution in [0, 0.1) is 5.92 Å². The van der Waals surface area contributed by atoms with Gasteiger partial charge in [-0.05, 0) is 20.8 Å². The molecule has 0 spiro atoms. The van der Waals surface area contributed by atoms with E-state index in [0.29, 0.717) is 0 Å². The highest BCUT2D eigenvalue weighted by atomic mass is 32.2. The van der Waals surface area contributed by atoms with Crippen LogP contribution in [0.4, 0.5) is 0 Å². The van der Waals surface area contributed by atoms with Gasteiger partial charge in [-0.2, -0.15) is 0 Å². The highest BCUT2D eigenvalue weighted by Gasteiger charge is 2.24. The Kier molecular flexibility index (Phi) is 4.12. The Balaban J connectivity index is 4.29. The van der Waals surface area contributed by atoms with E-state index in [1.807, 2.05) is 0 Å². The number of sulfone groups is 1. The summed E-state index contributed by atoms with van der Waals surface area (Å²) in [6, 6.07) is 0. The molecule has 0 aliphatic carbocycles. The van der Waals surface area contributed by atoms with E-state index in [0.717, 1.165) is 6.26 Å². The molecule has 0 aromatic rings. The Labute approximate surface area is 85.6 Å². The zero-order valence-electron chi connectivity index (χ0n) is 9.33. The Morgan fingerprint density at radius 3 is 2.07 bits per heavy atom. The predicted octanol–water partition coefficient (Wildman–Crippen LogP) is 1.01. The minimum absolute atomic E-state index is 0.165. The van der Waals surface area contributed by atoms with Gasteiger partial charge in [-0.25, -0.2) is 8.42 Å². The molecular formula is C9H18O4S. The quantitative estimate of drug-likeness (QED) is 0.669. The highest BCUT2D eigenvalue weighted by Crippen LogP contribution is 2.12. The molecule has 0 radical (unpaired) electrons.